The second kappa shape index (κ2) is 20.1. The van der Waals surface area contributed by atoms with Gasteiger partial charge in [0.2, 0.25) is 5.91 Å². The lowest BCUT2D eigenvalue weighted by atomic mass is 9.82. The highest BCUT2D eigenvalue weighted by Crippen LogP contribution is 2.43. The number of carbonyl (C=O) groups excluding carboxylic acids is 3. The van der Waals surface area contributed by atoms with Gasteiger partial charge in [0.25, 0.3) is 5.91 Å². The van der Waals surface area contributed by atoms with Gasteiger partial charge in [0.05, 0.1) is 150 Å². The van der Waals surface area contributed by atoms with E-state index in [4.69, 9.17) is 19.7 Å². The monoisotopic (exact) mass is 884 g/mol. The van der Waals surface area contributed by atoms with E-state index in [1.165, 1.54) is 7.11 Å². The summed E-state index contributed by atoms with van der Waals surface area (Å²) < 4.78 is 7.60. The molecular weight excluding hydrogens is 805 g/mol. The van der Waals surface area contributed by atoms with Crippen LogP contribution < -0.4 is 21.3 Å². The molecule has 0 radical (unpaired) electrons. The number of nitrogens with one attached hydrogen (secondary N) is 4. The summed E-state index contributed by atoms with van der Waals surface area (Å²) in [5.41, 5.74) is 11.1. The van der Waals surface area contributed by atoms with Crippen molar-refractivity contribution in [2.24, 2.45) is 38.6 Å². The molecule has 1 saturated heterocycles. The second-order valence-corrected chi connectivity index (χ2v) is 21.3. The maximum Gasteiger partial charge on any atom is 0.310 e. The Bertz CT molecular complexity index is 2210. The van der Waals surface area contributed by atoms with Crippen LogP contribution in [0.5, 0.6) is 0 Å². The van der Waals surface area contributed by atoms with Crippen molar-refractivity contribution in [1.29, 1.82) is 0 Å². The van der Waals surface area contributed by atoms with Crippen LogP contribution >= 0.6 is 0 Å². The number of allylic oxidation sites excluding steroid dienone is 10. The molecule has 0 aromatic heterocycles. The maximum absolute atomic E-state index is 14.5. The molecule has 4 atom stereocenters. The van der Waals surface area contributed by atoms with Crippen molar-refractivity contribution in [3.05, 3.63) is 80.3 Å². The number of esters is 1. The Morgan fingerprint density at radius 3 is 1.92 bits per heavy atom. The van der Waals surface area contributed by atoms with Gasteiger partial charge in [-0.15, -0.1) is 0 Å². The van der Waals surface area contributed by atoms with Crippen molar-refractivity contribution in [2.45, 2.75) is 67.2 Å². The molecule has 5 aliphatic rings. The number of nitrogens with zero attached hydrogens (tertiary/aromatic N) is 6. The topological polar surface area (TPSA) is 146 Å². The molecule has 14 heteroatoms. The fourth-order valence-corrected chi connectivity index (χ4v) is 8.98. The number of rotatable bonds is 17. The van der Waals surface area contributed by atoms with E-state index >= 15 is 0 Å². The van der Waals surface area contributed by atoms with Gasteiger partial charge in [0, 0.05) is 64.0 Å². The van der Waals surface area contributed by atoms with Gasteiger partial charge in [0.15, 0.2) is 0 Å². The molecule has 0 aromatic rings. The Labute approximate surface area is 383 Å². The van der Waals surface area contributed by atoms with Gasteiger partial charge in [-0.2, -0.15) is 0 Å². The van der Waals surface area contributed by atoms with Gasteiger partial charge in [-0.3, -0.25) is 19.4 Å². The van der Waals surface area contributed by atoms with Crippen LogP contribution in [0.1, 0.15) is 67.2 Å². The first kappa shape index (κ1) is 50.1. The fraction of sp³-hybridized carbons (Fsp3) is 0.600. The van der Waals surface area contributed by atoms with Crippen LogP contribution in [-0.2, 0) is 19.1 Å². The van der Waals surface area contributed by atoms with Crippen molar-refractivity contribution in [1.82, 2.24) is 21.3 Å². The minimum absolute atomic E-state index is 0.0410. The molecule has 350 valence electrons. The molecule has 2 amide bonds. The summed E-state index contributed by atoms with van der Waals surface area (Å²) >= 11 is 0. The summed E-state index contributed by atoms with van der Waals surface area (Å²) in [5.74, 6) is -0.878. The molecule has 4 N–H and O–H groups in total. The number of hydrogen-bond acceptors (Lipinski definition) is 9. The van der Waals surface area contributed by atoms with E-state index in [0.717, 1.165) is 92.5 Å². The van der Waals surface area contributed by atoms with Crippen LogP contribution in [0.4, 0.5) is 0 Å². The molecule has 14 nitrogen and oxygen atoms in total. The van der Waals surface area contributed by atoms with Gasteiger partial charge in [-0.05, 0) is 63.0 Å². The molecule has 5 heterocycles. The number of fused-ring (bicyclic) bond motifs is 5. The summed E-state index contributed by atoms with van der Waals surface area (Å²) in [6, 6.07) is 0. The van der Waals surface area contributed by atoms with Crippen molar-refractivity contribution in [3.63, 3.8) is 0 Å². The van der Waals surface area contributed by atoms with Crippen molar-refractivity contribution in [2.75, 3.05) is 110 Å². The first-order chi connectivity index (χ1) is 29.8. The van der Waals surface area contributed by atoms with Crippen LogP contribution in [0.15, 0.2) is 95.3 Å². The summed E-state index contributed by atoms with van der Waals surface area (Å²) in [4.78, 5) is 57.6. The van der Waals surface area contributed by atoms with Gasteiger partial charge in [0.1, 0.15) is 0 Å². The standard InChI is InChI=1S/C50H77N10O4/c1-17-35-30(2)38-29-43-46(34(6)51-20-23-58(7,8)9)32(4)40(55-43)27-39-31(3)36(18-19-44(61)52-21-24-59(10,11)12)48(56-39)37(26-45(62)64-16)49-47(50(63)53-22-25-60(13,14)15)33(5)41(57-49)28-42(35)54-38/h27-31,35-36H,17-26H2,1-16H3,(H2-2,51,52,53,54,55,56,57,61,63)/q+1/p+2/t30-,31+,35-,36+/m1/s1. The number of amides is 2. The van der Waals surface area contributed by atoms with Crippen LogP contribution in [0.3, 0.4) is 0 Å². The number of likely N-dealkylation sites (N-methyl/N-ethyl adjacent to an activating group) is 3. The van der Waals surface area contributed by atoms with E-state index in [1.807, 2.05) is 6.92 Å². The Balaban J connectivity index is 1.77. The summed E-state index contributed by atoms with van der Waals surface area (Å²) in [5, 5.41) is 13.8. The molecule has 0 saturated carbocycles. The Kier molecular flexibility index (Phi) is 15.7. The summed E-state index contributed by atoms with van der Waals surface area (Å²) in [6.45, 7) is 17.1. The Hall–Kier alpha value is -4.92. The van der Waals surface area contributed by atoms with E-state index in [1.54, 1.807) is 0 Å². The van der Waals surface area contributed by atoms with Crippen LogP contribution in [0, 0.1) is 23.7 Å². The smallest absolute Gasteiger partial charge is 0.310 e. The predicted molar refractivity (Wildman–Crippen MR) is 259 cm³/mol. The van der Waals surface area contributed by atoms with Crippen molar-refractivity contribution >= 4 is 34.9 Å². The summed E-state index contributed by atoms with van der Waals surface area (Å²) in [7, 11) is 20.5. The highest BCUT2D eigenvalue weighted by molar-refractivity contribution is 6.21. The predicted octanol–water partition coefficient (Wildman–Crippen LogP) is 4.94. The van der Waals surface area contributed by atoms with Crippen LogP contribution in [-0.4, -0.2) is 158 Å². The van der Waals surface area contributed by atoms with Gasteiger partial charge >= 0.3 is 5.97 Å². The Morgan fingerprint density at radius 1 is 0.734 bits per heavy atom. The van der Waals surface area contributed by atoms with Gasteiger partial charge in [-0.25, -0.2) is 9.98 Å². The second-order valence-electron chi connectivity index (χ2n) is 21.3. The number of carbonyl (C=O) groups is 3. The molecule has 1 fully saturated rings. The number of aliphatic imine (C=N–C) groups is 3. The van der Waals surface area contributed by atoms with Gasteiger partial charge < -0.3 is 39.5 Å². The molecule has 8 bridgehead atoms. The molecule has 5 aliphatic heterocycles. The minimum Gasteiger partial charge on any atom is -0.469 e. The molecule has 0 unspecified atom stereocenters. The third-order valence-electron chi connectivity index (χ3n) is 13.0. The maximum atomic E-state index is 14.5. The highest BCUT2D eigenvalue weighted by Gasteiger charge is 2.40. The largest absolute Gasteiger partial charge is 0.469 e. The number of quaternary nitrogens is 3. The van der Waals surface area contributed by atoms with E-state index in [0.29, 0.717) is 52.3 Å². The molecular formula is C50H79N10O4+3. The number of methoxy groups -OCH3 is 1. The van der Waals surface area contributed by atoms with E-state index < -0.39 is 5.97 Å². The minimum atomic E-state index is -0.468. The molecule has 0 aromatic carbocycles. The SMILES string of the molecule is CC[C@H]1C2=CC3=NC(=C(CC(=O)OC)C4=NC(=CC5=C(C)/C(=C(/C)NCC[N+](C)(C)C)C(=N5)C=C(N2)[C@@H]1C)[C@@H](C)[C@@H]4CCC(=O)NCC[N+](C)(C)C)C(C(=O)NCC[N+](C)(C)C)=C3C. The highest BCUT2D eigenvalue weighted by atomic mass is 16.5. The zero-order chi connectivity index (χ0) is 47.5. The Morgan fingerprint density at radius 2 is 1.33 bits per heavy atom. The average molecular weight is 884 g/mol. The van der Waals surface area contributed by atoms with E-state index in [-0.39, 0.29) is 48.3 Å². The van der Waals surface area contributed by atoms with Gasteiger partial charge in [-0.1, -0.05) is 20.8 Å². The number of ether oxygens (including phenoxy) is 1. The van der Waals surface area contributed by atoms with Crippen LogP contribution in [0.2, 0.25) is 0 Å². The molecule has 0 spiro atoms. The summed E-state index contributed by atoms with van der Waals surface area (Å²) in [6.07, 6.45) is 7.83. The molecule has 0 aliphatic carbocycles. The average Bonchev–Trinajstić information content (AvgIpc) is 3.87. The first-order valence-corrected chi connectivity index (χ1v) is 23.1. The molecule has 64 heavy (non-hydrogen) atoms. The lowest BCUT2D eigenvalue weighted by Crippen LogP contribution is -2.42. The first-order valence-electron chi connectivity index (χ1n) is 23.1. The fourth-order valence-electron chi connectivity index (χ4n) is 8.98. The molecule has 5 rings (SSSR count). The lowest BCUT2D eigenvalue weighted by Gasteiger charge is -2.24. The normalized spacial score (nSPS) is 23.2. The van der Waals surface area contributed by atoms with E-state index in [9.17, 15) is 14.4 Å². The lowest BCUT2D eigenvalue weighted by molar-refractivity contribution is -0.869. The zero-order valence-corrected chi connectivity index (χ0v) is 41.9. The number of hydrogen-bond donors (Lipinski definition) is 4. The zero-order valence-electron chi connectivity index (χ0n) is 41.9. The quantitative estimate of drug-likeness (QED) is 0.121. The third kappa shape index (κ3) is 12.2. The van der Waals surface area contributed by atoms with E-state index in [2.05, 4.69) is 138 Å². The van der Waals surface area contributed by atoms with Crippen molar-refractivity contribution < 1.29 is 32.6 Å². The van der Waals surface area contributed by atoms with Crippen molar-refractivity contribution in [3.8, 4) is 0 Å². The third-order valence-corrected chi connectivity index (χ3v) is 13.0. The van der Waals surface area contributed by atoms with Crippen LogP contribution in [0.25, 0.3) is 0 Å².